The number of rotatable bonds is 9. The number of nitrogens with zero attached hydrogens (tertiary/aromatic N) is 2. The maximum absolute atomic E-state index is 14.1. The number of carbonyl (C=O) groups is 2. The second-order valence-electron chi connectivity index (χ2n) is 6.81. The number of non-ortho nitro benzene ring substituents is 2. The minimum absolute atomic E-state index is 0.564. The molecule has 36 heavy (non-hydrogen) atoms. The van der Waals surface area contributed by atoms with Crippen LogP contribution in [0.25, 0.3) is 0 Å². The molecule has 0 aliphatic carbocycles. The van der Waals surface area contributed by atoms with E-state index >= 15 is 0 Å². The molecule has 2 amide bonds. The number of anilines is 2. The average molecular weight is 530 g/mol. The lowest BCUT2D eigenvalue weighted by atomic mass is 9.97. The van der Waals surface area contributed by atoms with Crippen LogP contribution in [-0.4, -0.2) is 45.4 Å². The van der Waals surface area contributed by atoms with Crippen LogP contribution in [0.15, 0.2) is 48.5 Å². The number of hydrogen-bond donors (Lipinski definition) is 2. The Labute approximate surface area is 193 Å². The van der Waals surface area contributed by atoms with Crippen molar-refractivity contribution < 1.29 is 54.6 Å². The summed E-state index contributed by atoms with van der Waals surface area (Å²) in [6, 6.07) is 4.75. The van der Waals surface area contributed by atoms with E-state index in [2.05, 4.69) is 0 Å². The van der Waals surface area contributed by atoms with Crippen molar-refractivity contribution in [3.63, 3.8) is 0 Å². The number of carbonyl (C=O) groups excluding carboxylic acids is 2. The average Bonchev–Trinajstić information content (AvgIpc) is 2.79. The standard InChI is InChI=1S/C18H10F8N4O6/c19-15(20,13(31)27-9-1-5-11(6-2-9)29(33)34)17(23,24)18(25,26)16(21,22)14(32)28-10-3-7-12(8-4-10)30(35)36/h1-8H,(H,27,31)(H,28,32). The molecular formula is C18H10F8N4O6. The smallest absolute Gasteiger partial charge is 0.321 e. The van der Waals surface area contributed by atoms with Crippen molar-refractivity contribution in [3.05, 3.63) is 68.8 Å². The highest BCUT2D eigenvalue weighted by Crippen LogP contribution is 2.53. The summed E-state index contributed by atoms with van der Waals surface area (Å²) in [7, 11) is 0. The summed E-state index contributed by atoms with van der Waals surface area (Å²) in [6.07, 6.45) is 0. The van der Waals surface area contributed by atoms with E-state index in [0.29, 0.717) is 48.5 Å². The normalized spacial score (nSPS) is 12.6. The van der Waals surface area contributed by atoms with Crippen molar-refractivity contribution in [2.24, 2.45) is 0 Å². The van der Waals surface area contributed by atoms with Crippen molar-refractivity contribution in [2.75, 3.05) is 10.6 Å². The first-order valence-corrected chi connectivity index (χ1v) is 8.99. The molecule has 194 valence electrons. The van der Waals surface area contributed by atoms with Gasteiger partial charge in [-0.05, 0) is 24.3 Å². The van der Waals surface area contributed by atoms with E-state index in [1.165, 1.54) is 0 Å². The molecule has 0 atom stereocenters. The van der Waals surface area contributed by atoms with E-state index in [0.717, 1.165) is 10.6 Å². The molecular weight excluding hydrogens is 520 g/mol. The fraction of sp³-hybridized carbons (Fsp3) is 0.222. The van der Waals surface area contributed by atoms with E-state index in [1.807, 2.05) is 0 Å². The lowest BCUT2D eigenvalue weighted by Crippen LogP contribution is -2.67. The molecule has 0 saturated heterocycles. The van der Waals surface area contributed by atoms with Gasteiger partial charge in [0.15, 0.2) is 0 Å². The Hall–Kier alpha value is -4.38. The molecule has 0 heterocycles. The van der Waals surface area contributed by atoms with Gasteiger partial charge in [0.05, 0.1) is 9.85 Å². The highest BCUT2D eigenvalue weighted by atomic mass is 19.4. The number of amides is 2. The van der Waals surface area contributed by atoms with Crippen molar-refractivity contribution in [3.8, 4) is 0 Å². The van der Waals surface area contributed by atoms with Gasteiger partial charge in [-0.2, -0.15) is 35.1 Å². The van der Waals surface area contributed by atoms with Crippen LogP contribution >= 0.6 is 0 Å². The molecule has 0 aliphatic heterocycles. The molecule has 0 aromatic heterocycles. The van der Waals surface area contributed by atoms with Crippen LogP contribution in [0, 0.1) is 20.2 Å². The predicted octanol–water partition coefficient (Wildman–Crippen LogP) is 4.62. The van der Waals surface area contributed by atoms with E-state index in [1.54, 1.807) is 0 Å². The van der Waals surface area contributed by atoms with Crippen LogP contribution in [0.5, 0.6) is 0 Å². The van der Waals surface area contributed by atoms with Gasteiger partial charge in [0.25, 0.3) is 11.4 Å². The van der Waals surface area contributed by atoms with Gasteiger partial charge >= 0.3 is 35.5 Å². The van der Waals surface area contributed by atoms with Crippen LogP contribution in [0.3, 0.4) is 0 Å². The number of hydrogen-bond acceptors (Lipinski definition) is 6. The van der Waals surface area contributed by atoms with Gasteiger partial charge in [0.1, 0.15) is 0 Å². The summed E-state index contributed by atoms with van der Waals surface area (Å²) in [4.78, 5) is 42.4. The van der Waals surface area contributed by atoms with Crippen molar-refractivity contribution in [2.45, 2.75) is 23.7 Å². The molecule has 2 aromatic rings. The van der Waals surface area contributed by atoms with Crippen LogP contribution < -0.4 is 10.6 Å². The topological polar surface area (TPSA) is 144 Å². The van der Waals surface area contributed by atoms with Gasteiger partial charge in [-0.3, -0.25) is 29.8 Å². The third-order valence-corrected chi connectivity index (χ3v) is 4.43. The molecule has 0 fully saturated rings. The molecule has 10 nitrogen and oxygen atoms in total. The zero-order chi connectivity index (χ0) is 27.7. The number of nitro benzene ring substituents is 2. The third kappa shape index (κ3) is 4.86. The third-order valence-electron chi connectivity index (χ3n) is 4.43. The second kappa shape index (κ2) is 9.34. The van der Waals surface area contributed by atoms with E-state index in [4.69, 9.17) is 0 Å². The first-order chi connectivity index (χ1) is 16.4. The number of halogens is 8. The van der Waals surface area contributed by atoms with Crippen LogP contribution in [-0.2, 0) is 9.59 Å². The molecule has 2 aromatic carbocycles. The van der Waals surface area contributed by atoms with Crippen LogP contribution in [0.1, 0.15) is 0 Å². The zero-order valence-corrected chi connectivity index (χ0v) is 17.0. The van der Waals surface area contributed by atoms with E-state index in [-0.39, 0.29) is 0 Å². The van der Waals surface area contributed by atoms with Crippen molar-refractivity contribution >= 4 is 34.6 Å². The quantitative estimate of drug-likeness (QED) is 0.275. The fourth-order valence-electron chi connectivity index (χ4n) is 2.43. The number of benzene rings is 2. The summed E-state index contributed by atoms with van der Waals surface area (Å²) in [5.74, 6) is -33.7. The first kappa shape index (κ1) is 27.9. The largest absolute Gasteiger partial charge is 0.393 e. The molecule has 0 radical (unpaired) electrons. The number of alkyl halides is 8. The fourth-order valence-corrected chi connectivity index (χ4v) is 2.43. The number of nitro groups is 2. The molecule has 0 saturated carbocycles. The Bertz CT molecular complexity index is 1100. The van der Waals surface area contributed by atoms with Crippen LogP contribution in [0.2, 0.25) is 0 Å². The lowest BCUT2D eigenvalue weighted by molar-refractivity contribution is -0.385. The molecule has 0 aliphatic rings. The van der Waals surface area contributed by atoms with Gasteiger partial charge in [-0.15, -0.1) is 0 Å². The Morgan fingerprint density at radius 2 is 0.833 bits per heavy atom. The number of nitrogens with one attached hydrogen (secondary N) is 2. The lowest BCUT2D eigenvalue weighted by Gasteiger charge is -2.35. The highest BCUT2D eigenvalue weighted by Gasteiger charge is 2.84. The van der Waals surface area contributed by atoms with Gasteiger partial charge in [-0.1, -0.05) is 0 Å². The Balaban J connectivity index is 2.28. The Morgan fingerprint density at radius 1 is 0.583 bits per heavy atom. The predicted molar refractivity (Wildman–Crippen MR) is 103 cm³/mol. The van der Waals surface area contributed by atoms with Crippen LogP contribution in [0.4, 0.5) is 57.9 Å². The van der Waals surface area contributed by atoms with Gasteiger partial charge in [0, 0.05) is 35.6 Å². The monoisotopic (exact) mass is 530 g/mol. The van der Waals surface area contributed by atoms with Crippen molar-refractivity contribution in [1.29, 1.82) is 0 Å². The second-order valence-corrected chi connectivity index (χ2v) is 6.81. The molecule has 2 N–H and O–H groups in total. The maximum atomic E-state index is 14.1. The summed E-state index contributed by atoms with van der Waals surface area (Å²) >= 11 is 0. The van der Waals surface area contributed by atoms with E-state index in [9.17, 15) is 64.9 Å². The van der Waals surface area contributed by atoms with Gasteiger partial charge in [0.2, 0.25) is 0 Å². The summed E-state index contributed by atoms with van der Waals surface area (Å²) < 4.78 is 112. The molecule has 0 unspecified atom stereocenters. The summed E-state index contributed by atoms with van der Waals surface area (Å²) in [5.41, 5.74) is -2.88. The van der Waals surface area contributed by atoms with Gasteiger partial charge in [-0.25, -0.2) is 0 Å². The SMILES string of the molecule is O=C(Nc1ccc([N+](=O)[O-])cc1)C(F)(F)C(F)(F)C(F)(F)C(F)(F)C(=O)Nc1ccc([N+](=O)[O-])cc1. The minimum Gasteiger partial charge on any atom is -0.321 e. The maximum Gasteiger partial charge on any atom is 0.393 e. The zero-order valence-electron chi connectivity index (χ0n) is 17.0. The molecule has 0 spiro atoms. The Morgan fingerprint density at radius 3 is 1.06 bits per heavy atom. The molecule has 0 bridgehead atoms. The summed E-state index contributed by atoms with van der Waals surface area (Å²) in [5, 5.41) is 23.1. The van der Waals surface area contributed by atoms with Gasteiger partial charge < -0.3 is 10.6 Å². The van der Waals surface area contributed by atoms with Crippen molar-refractivity contribution in [1.82, 2.24) is 0 Å². The summed E-state index contributed by atoms with van der Waals surface area (Å²) in [6.45, 7) is 0. The molecule has 2 rings (SSSR count). The minimum atomic E-state index is -7.15. The Kier molecular flexibility index (Phi) is 7.23. The molecule has 18 heteroatoms. The van der Waals surface area contributed by atoms with E-state index < -0.39 is 68.1 Å². The first-order valence-electron chi connectivity index (χ1n) is 8.99. The highest BCUT2D eigenvalue weighted by molar-refractivity contribution is 5.99.